The molecule has 1 aliphatic heterocycles. The van der Waals surface area contributed by atoms with Gasteiger partial charge in [-0.25, -0.2) is 8.42 Å². The van der Waals surface area contributed by atoms with Gasteiger partial charge in [0, 0.05) is 39.6 Å². The molecule has 0 aliphatic carbocycles. The molecule has 0 unspecified atom stereocenters. The molecule has 0 bridgehead atoms. The van der Waals surface area contributed by atoms with E-state index in [1.165, 1.54) is 77.0 Å². The van der Waals surface area contributed by atoms with Crippen LogP contribution in [0.15, 0.2) is 0 Å². The highest BCUT2D eigenvalue weighted by molar-refractivity contribution is 7.92. The van der Waals surface area contributed by atoms with E-state index in [-0.39, 0.29) is 23.2 Å². The standard InChI is InChI=1S/C33H63NO5S/c1-3-4-5-6-7-8-9-10-11-12-13-14-15-16-18-21-32(35)30-40(37,38)29-20-17-19-22-33(36)34-26-23-31(24-27-34)25-28-39-2/h31H,3-30H2,1-2H3. The molecule has 7 heteroatoms. The molecule has 0 aromatic rings. The van der Waals surface area contributed by atoms with Gasteiger partial charge in [-0.15, -0.1) is 0 Å². The summed E-state index contributed by atoms with van der Waals surface area (Å²) in [6.45, 7) is 4.69. The van der Waals surface area contributed by atoms with Crippen LogP contribution in [0.2, 0.25) is 0 Å². The third-order valence-corrected chi connectivity index (χ3v) is 10.2. The molecule has 1 saturated heterocycles. The number of methoxy groups -OCH3 is 1. The minimum absolute atomic E-state index is 0.0523. The number of rotatable bonds is 27. The molecule has 0 aromatic carbocycles. The smallest absolute Gasteiger partial charge is 0.222 e. The fourth-order valence-electron chi connectivity index (χ4n) is 5.77. The maximum absolute atomic E-state index is 12.4. The number of hydrogen-bond donors (Lipinski definition) is 0. The van der Waals surface area contributed by atoms with E-state index in [4.69, 9.17) is 4.74 Å². The van der Waals surface area contributed by atoms with Crippen molar-refractivity contribution in [2.75, 3.05) is 38.3 Å². The Balaban J connectivity index is 1.94. The van der Waals surface area contributed by atoms with Gasteiger partial charge in [-0.05, 0) is 44.4 Å². The fourth-order valence-corrected chi connectivity index (χ4v) is 7.19. The van der Waals surface area contributed by atoms with Crippen LogP contribution in [-0.2, 0) is 24.2 Å². The maximum atomic E-state index is 12.4. The van der Waals surface area contributed by atoms with E-state index >= 15 is 0 Å². The number of piperidine rings is 1. The van der Waals surface area contributed by atoms with Crippen molar-refractivity contribution in [1.82, 2.24) is 4.90 Å². The Kier molecular flexibility index (Phi) is 22.8. The predicted octanol–water partition coefficient (Wildman–Crippen LogP) is 8.07. The molecule has 0 radical (unpaired) electrons. The predicted molar refractivity (Wildman–Crippen MR) is 167 cm³/mol. The molecule has 1 fully saturated rings. The van der Waals surface area contributed by atoms with Crippen LogP contribution in [0, 0.1) is 5.92 Å². The van der Waals surface area contributed by atoms with Crippen LogP contribution in [0.25, 0.3) is 0 Å². The number of amides is 1. The van der Waals surface area contributed by atoms with E-state index in [0.717, 1.165) is 58.2 Å². The summed E-state index contributed by atoms with van der Waals surface area (Å²) >= 11 is 0. The Hall–Kier alpha value is -0.950. The average molecular weight is 586 g/mol. The number of carbonyl (C=O) groups is 2. The van der Waals surface area contributed by atoms with Gasteiger partial charge in [-0.3, -0.25) is 9.59 Å². The van der Waals surface area contributed by atoms with Crippen molar-refractivity contribution < 1.29 is 22.7 Å². The lowest BCUT2D eigenvalue weighted by Gasteiger charge is -2.32. The molecule has 1 heterocycles. The van der Waals surface area contributed by atoms with Crippen molar-refractivity contribution in [2.45, 2.75) is 155 Å². The van der Waals surface area contributed by atoms with E-state index in [9.17, 15) is 18.0 Å². The normalized spacial score (nSPS) is 14.6. The molecule has 236 valence electrons. The van der Waals surface area contributed by atoms with E-state index in [1.54, 1.807) is 7.11 Å². The zero-order chi connectivity index (χ0) is 29.3. The monoisotopic (exact) mass is 585 g/mol. The molecule has 6 nitrogen and oxygen atoms in total. The first-order valence-corrected chi connectivity index (χ1v) is 18.7. The quantitative estimate of drug-likeness (QED) is 0.0911. The lowest BCUT2D eigenvalue weighted by atomic mass is 9.93. The summed E-state index contributed by atoms with van der Waals surface area (Å²) in [6.07, 6.45) is 25.1. The van der Waals surface area contributed by atoms with E-state index < -0.39 is 9.84 Å². The number of likely N-dealkylation sites (tertiary alicyclic amines) is 1. The van der Waals surface area contributed by atoms with E-state index in [0.29, 0.717) is 38.0 Å². The number of carbonyl (C=O) groups excluding carboxylic acids is 2. The molecular weight excluding hydrogens is 522 g/mol. The molecular formula is C33H63NO5S. The van der Waals surface area contributed by atoms with Crippen LogP contribution >= 0.6 is 0 Å². The van der Waals surface area contributed by atoms with E-state index in [1.807, 2.05) is 4.90 Å². The number of nitrogens with zero attached hydrogens (tertiary/aromatic N) is 1. The molecule has 1 aliphatic rings. The number of ether oxygens (including phenoxy) is 1. The Morgan fingerprint density at radius 2 is 1.18 bits per heavy atom. The number of ketones is 1. The van der Waals surface area contributed by atoms with Gasteiger partial charge in [0.1, 0.15) is 11.5 Å². The van der Waals surface area contributed by atoms with Crippen molar-refractivity contribution in [1.29, 1.82) is 0 Å². The largest absolute Gasteiger partial charge is 0.385 e. The highest BCUT2D eigenvalue weighted by atomic mass is 32.2. The first kappa shape index (κ1) is 37.1. The van der Waals surface area contributed by atoms with Crippen molar-refractivity contribution >= 4 is 21.5 Å². The molecule has 0 N–H and O–H groups in total. The summed E-state index contributed by atoms with van der Waals surface area (Å²) in [6, 6.07) is 0. The zero-order valence-electron chi connectivity index (χ0n) is 26.3. The Morgan fingerprint density at radius 3 is 1.70 bits per heavy atom. The molecule has 0 saturated carbocycles. The summed E-state index contributed by atoms with van der Waals surface area (Å²) in [5.41, 5.74) is 0. The third kappa shape index (κ3) is 20.9. The van der Waals surface area contributed by atoms with Crippen LogP contribution in [0.4, 0.5) is 0 Å². The summed E-state index contributed by atoms with van der Waals surface area (Å²) in [4.78, 5) is 26.6. The second-order valence-corrected chi connectivity index (χ2v) is 14.4. The van der Waals surface area contributed by atoms with Crippen molar-refractivity contribution in [3.8, 4) is 0 Å². The van der Waals surface area contributed by atoms with Crippen molar-refractivity contribution in [3.63, 3.8) is 0 Å². The van der Waals surface area contributed by atoms with Crippen LogP contribution in [0.1, 0.15) is 155 Å². The lowest BCUT2D eigenvalue weighted by Crippen LogP contribution is -2.38. The van der Waals surface area contributed by atoms with Crippen LogP contribution in [0.3, 0.4) is 0 Å². The molecule has 0 spiro atoms. The van der Waals surface area contributed by atoms with Gasteiger partial charge in [0.05, 0.1) is 5.75 Å². The highest BCUT2D eigenvalue weighted by Gasteiger charge is 2.22. The summed E-state index contributed by atoms with van der Waals surface area (Å²) in [5.74, 6) is 0.431. The Labute approximate surface area is 247 Å². The highest BCUT2D eigenvalue weighted by Crippen LogP contribution is 2.21. The second kappa shape index (κ2) is 24.6. The summed E-state index contributed by atoms with van der Waals surface area (Å²) < 4.78 is 29.8. The number of hydrogen-bond acceptors (Lipinski definition) is 5. The summed E-state index contributed by atoms with van der Waals surface area (Å²) in [7, 11) is -1.62. The molecule has 1 amide bonds. The van der Waals surface area contributed by atoms with Gasteiger partial charge in [0.15, 0.2) is 9.84 Å². The van der Waals surface area contributed by atoms with E-state index in [2.05, 4.69) is 6.92 Å². The molecule has 40 heavy (non-hydrogen) atoms. The first-order chi connectivity index (χ1) is 19.4. The third-order valence-electron chi connectivity index (χ3n) is 8.48. The lowest BCUT2D eigenvalue weighted by molar-refractivity contribution is -0.132. The minimum atomic E-state index is -3.34. The summed E-state index contributed by atoms with van der Waals surface area (Å²) in [5, 5.41) is 0. The van der Waals surface area contributed by atoms with Crippen LogP contribution in [0.5, 0.6) is 0 Å². The SMILES string of the molecule is CCCCCCCCCCCCCCCCCC(=O)CS(=O)(=O)CCCCCC(=O)N1CCC(CCOC)CC1. The van der Waals surface area contributed by atoms with Gasteiger partial charge >= 0.3 is 0 Å². The molecule has 1 rings (SSSR count). The zero-order valence-corrected chi connectivity index (χ0v) is 27.1. The number of unbranched alkanes of at least 4 members (excludes halogenated alkanes) is 16. The molecule has 0 aromatic heterocycles. The Bertz CT molecular complexity index is 731. The second-order valence-electron chi connectivity index (χ2n) is 12.2. The minimum Gasteiger partial charge on any atom is -0.385 e. The van der Waals surface area contributed by atoms with Gasteiger partial charge in [-0.2, -0.15) is 0 Å². The Morgan fingerprint density at radius 1 is 0.700 bits per heavy atom. The molecule has 0 atom stereocenters. The van der Waals surface area contributed by atoms with Gasteiger partial charge in [-0.1, -0.05) is 103 Å². The van der Waals surface area contributed by atoms with Gasteiger partial charge < -0.3 is 9.64 Å². The number of Topliss-reactive ketones (excluding diaryl/α,β-unsaturated/α-hetero) is 1. The van der Waals surface area contributed by atoms with Crippen molar-refractivity contribution in [3.05, 3.63) is 0 Å². The van der Waals surface area contributed by atoms with Crippen LogP contribution in [-0.4, -0.2) is 63.3 Å². The number of sulfone groups is 1. The topological polar surface area (TPSA) is 80.8 Å². The van der Waals surface area contributed by atoms with Gasteiger partial charge in [0.2, 0.25) is 5.91 Å². The first-order valence-electron chi connectivity index (χ1n) is 16.9. The van der Waals surface area contributed by atoms with Crippen LogP contribution < -0.4 is 0 Å². The fraction of sp³-hybridized carbons (Fsp3) is 0.939. The van der Waals surface area contributed by atoms with Gasteiger partial charge in [0.25, 0.3) is 0 Å². The average Bonchev–Trinajstić information content (AvgIpc) is 2.93. The maximum Gasteiger partial charge on any atom is 0.222 e. The van der Waals surface area contributed by atoms with Crippen molar-refractivity contribution in [2.24, 2.45) is 5.92 Å².